The quantitative estimate of drug-likeness (QED) is 0.847. The zero-order chi connectivity index (χ0) is 17.2. The molecule has 1 aromatic carbocycles. The number of nitrogens with zero attached hydrogens (tertiary/aromatic N) is 2. The number of nitrogens with one attached hydrogen (secondary N) is 1. The van der Waals surface area contributed by atoms with Crippen LogP contribution in [0.4, 0.5) is 10.8 Å². The minimum atomic E-state index is -3.17. The van der Waals surface area contributed by atoms with Crippen molar-refractivity contribution in [3.63, 3.8) is 0 Å². The highest BCUT2D eigenvalue weighted by Gasteiger charge is 2.28. The van der Waals surface area contributed by atoms with Crippen LogP contribution in [-0.2, 0) is 14.8 Å². The number of amides is 1. The Labute approximate surface area is 144 Å². The van der Waals surface area contributed by atoms with Crippen LogP contribution in [0.3, 0.4) is 0 Å². The molecule has 0 unspecified atom stereocenters. The van der Waals surface area contributed by atoms with Crippen LogP contribution in [0.5, 0.6) is 0 Å². The van der Waals surface area contributed by atoms with Crippen LogP contribution in [0.25, 0.3) is 6.08 Å². The van der Waals surface area contributed by atoms with E-state index in [2.05, 4.69) is 10.3 Å². The molecule has 0 aliphatic carbocycles. The van der Waals surface area contributed by atoms with E-state index in [0.717, 1.165) is 10.4 Å². The first-order valence-electron chi connectivity index (χ1n) is 7.46. The fourth-order valence-electron chi connectivity index (χ4n) is 2.41. The Morgan fingerprint density at radius 3 is 2.67 bits per heavy atom. The summed E-state index contributed by atoms with van der Waals surface area (Å²) in [4.78, 5) is 16.9. The average Bonchev–Trinajstić information content (AvgIpc) is 3.10. The molecule has 0 radical (unpaired) electrons. The second-order valence-corrected chi connectivity index (χ2v) is 8.68. The lowest BCUT2D eigenvalue weighted by molar-refractivity contribution is -0.111. The molecule has 1 amide bonds. The fraction of sp³-hybridized carbons (Fsp3) is 0.250. The summed E-state index contributed by atoms with van der Waals surface area (Å²) in [7, 11) is -3.17. The van der Waals surface area contributed by atoms with E-state index in [-0.39, 0.29) is 11.7 Å². The first-order valence-corrected chi connectivity index (χ1v) is 9.88. The van der Waals surface area contributed by atoms with E-state index in [4.69, 9.17) is 0 Å². The molecular weight excluding hydrogens is 346 g/mol. The van der Waals surface area contributed by atoms with Gasteiger partial charge in [0.05, 0.1) is 11.4 Å². The molecule has 0 atom stereocenters. The third kappa shape index (κ3) is 3.82. The summed E-state index contributed by atoms with van der Waals surface area (Å²) in [6, 6.07) is 7.09. The van der Waals surface area contributed by atoms with Crippen molar-refractivity contribution >= 4 is 44.2 Å². The third-order valence-corrected chi connectivity index (χ3v) is 6.26. The predicted molar refractivity (Wildman–Crippen MR) is 96.7 cm³/mol. The van der Waals surface area contributed by atoms with Crippen LogP contribution in [0.15, 0.2) is 36.5 Å². The fourth-order valence-corrected chi connectivity index (χ4v) is 4.64. The maximum atomic E-state index is 11.9. The van der Waals surface area contributed by atoms with Crippen molar-refractivity contribution in [2.75, 3.05) is 21.9 Å². The Balaban J connectivity index is 1.64. The molecule has 1 aromatic heterocycles. The first-order chi connectivity index (χ1) is 11.4. The average molecular weight is 363 g/mol. The van der Waals surface area contributed by atoms with Crippen LogP contribution < -0.4 is 9.62 Å². The van der Waals surface area contributed by atoms with E-state index < -0.39 is 10.0 Å². The molecule has 0 spiro atoms. The highest BCUT2D eigenvalue weighted by atomic mass is 32.2. The lowest BCUT2D eigenvalue weighted by atomic mass is 10.2. The molecule has 3 rings (SSSR count). The highest BCUT2D eigenvalue weighted by molar-refractivity contribution is 7.93. The second-order valence-electron chi connectivity index (χ2n) is 5.43. The van der Waals surface area contributed by atoms with Gasteiger partial charge in [-0.2, -0.15) is 0 Å². The zero-order valence-electron chi connectivity index (χ0n) is 13.1. The Hall–Kier alpha value is -2.19. The van der Waals surface area contributed by atoms with E-state index >= 15 is 0 Å². The highest BCUT2D eigenvalue weighted by Crippen LogP contribution is 2.24. The molecule has 1 N–H and O–H groups in total. The van der Waals surface area contributed by atoms with Crippen molar-refractivity contribution in [1.82, 2.24) is 4.98 Å². The summed E-state index contributed by atoms with van der Waals surface area (Å²) in [6.07, 6.45) is 5.46. The Kier molecular flexibility index (Phi) is 4.68. The molecular formula is C16H17N3O3S2. The molecule has 2 heterocycles. The molecule has 1 aliphatic rings. The van der Waals surface area contributed by atoms with E-state index in [1.54, 1.807) is 36.5 Å². The summed E-state index contributed by atoms with van der Waals surface area (Å²) in [5.41, 5.74) is 1.48. The molecule has 24 heavy (non-hydrogen) atoms. The molecule has 126 valence electrons. The monoisotopic (exact) mass is 363 g/mol. The van der Waals surface area contributed by atoms with Crippen LogP contribution >= 0.6 is 11.3 Å². The van der Waals surface area contributed by atoms with Crippen molar-refractivity contribution < 1.29 is 13.2 Å². The van der Waals surface area contributed by atoms with Crippen LogP contribution in [0.1, 0.15) is 16.9 Å². The number of carbonyl (C=O) groups excluding carboxylic acids is 1. The molecule has 8 heteroatoms. The minimum Gasteiger partial charge on any atom is -0.298 e. The zero-order valence-corrected chi connectivity index (χ0v) is 14.7. The number of rotatable bonds is 4. The van der Waals surface area contributed by atoms with Crippen LogP contribution in [-0.4, -0.2) is 31.6 Å². The number of sulfonamides is 1. The standard InChI is InChI=1S/C16H17N3O3S2/c1-12-11-17-16(23-12)18-15(20)8-5-13-3-6-14(7-4-13)19-9-2-10-24(19,21)22/h3-8,11H,2,9-10H2,1H3,(H,17,18,20)/b8-5+. The summed E-state index contributed by atoms with van der Waals surface area (Å²) < 4.78 is 25.2. The molecule has 1 saturated heterocycles. The maximum Gasteiger partial charge on any atom is 0.250 e. The van der Waals surface area contributed by atoms with E-state index in [1.165, 1.54) is 21.7 Å². The minimum absolute atomic E-state index is 0.199. The smallest absolute Gasteiger partial charge is 0.250 e. The van der Waals surface area contributed by atoms with Gasteiger partial charge in [0, 0.05) is 23.7 Å². The van der Waals surface area contributed by atoms with Crippen molar-refractivity contribution in [2.45, 2.75) is 13.3 Å². The molecule has 6 nitrogen and oxygen atoms in total. The maximum absolute atomic E-state index is 11.9. The first kappa shape index (κ1) is 16.7. The van der Waals surface area contributed by atoms with Crippen LogP contribution in [0, 0.1) is 6.92 Å². The Morgan fingerprint density at radius 2 is 2.08 bits per heavy atom. The summed E-state index contributed by atoms with van der Waals surface area (Å²) in [6.45, 7) is 2.44. The summed E-state index contributed by atoms with van der Waals surface area (Å²) >= 11 is 1.41. The Bertz CT molecular complexity index is 870. The number of hydrogen-bond acceptors (Lipinski definition) is 5. The topological polar surface area (TPSA) is 79.4 Å². The van der Waals surface area contributed by atoms with Gasteiger partial charge in [0.2, 0.25) is 15.9 Å². The Morgan fingerprint density at radius 1 is 1.33 bits per heavy atom. The van der Waals surface area contributed by atoms with Gasteiger partial charge in [-0.05, 0) is 37.1 Å². The molecule has 1 aliphatic heterocycles. The van der Waals surface area contributed by atoms with Gasteiger partial charge in [-0.25, -0.2) is 13.4 Å². The number of aryl methyl sites for hydroxylation is 1. The predicted octanol–water partition coefficient (Wildman–Crippen LogP) is 2.64. The largest absolute Gasteiger partial charge is 0.298 e. The van der Waals surface area contributed by atoms with Crippen molar-refractivity contribution in [1.29, 1.82) is 0 Å². The van der Waals surface area contributed by atoms with Gasteiger partial charge in [0.1, 0.15) is 0 Å². The number of hydrogen-bond donors (Lipinski definition) is 1. The second kappa shape index (κ2) is 6.74. The van der Waals surface area contributed by atoms with Gasteiger partial charge in [0.15, 0.2) is 5.13 Å². The normalized spacial score (nSPS) is 16.6. The van der Waals surface area contributed by atoms with Gasteiger partial charge in [-0.1, -0.05) is 12.1 Å². The third-order valence-electron chi connectivity index (χ3n) is 3.56. The van der Waals surface area contributed by atoms with E-state index in [1.807, 2.05) is 6.92 Å². The number of anilines is 2. The van der Waals surface area contributed by atoms with Crippen LogP contribution in [0.2, 0.25) is 0 Å². The number of carbonyl (C=O) groups is 1. The van der Waals surface area contributed by atoms with E-state index in [9.17, 15) is 13.2 Å². The molecule has 0 saturated carbocycles. The number of aromatic nitrogens is 1. The lowest BCUT2D eigenvalue weighted by Crippen LogP contribution is -2.24. The van der Waals surface area contributed by atoms with E-state index in [0.29, 0.717) is 23.8 Å². The summed E-state index contributed by atoms with van der Waals surface area (Å²) in [5.74, 6) is -0.0547. The lowest BCUT2D eigenvalue weighted by Gasteiger charge is -2.16. The molecule has 2 aromatic rings. The van der Waals surface area contributed by atoms with Crippen molar-refractivity contribution in [3.05, 3.63) is 47.0 Å². The SMILES string of the molecule is Cc1cnc(NC(=O)/C=C/c2ccc(N3CCCS3(=O)=O)cc2)s1. The van der Waals surface area contributed by atoms with Gasteiger partial charge < -0.3 is 0 Å². The van der Waals surface area contributed by atoms with Crippen molar-refractivity contribution in [3.8, 4) is 0 Å². The molecule has 1 fully saturated rings. The van der Waals surface area contributed by atoms with Gasteiger partial charge in [-0.15, -0.1) is 11.3 Å². The van der Waals surface area contributed by atoms with Gasteiger partial charge in [0.25, 0.3) is 0 Å². The van der Waals surface area contributed by atoms with Gasteiger partial charge >= 0.3 is 0 Å². The van der Waals surface area contributed by atoms with Gasteiger partial charge in [-0.3, -0.25) is 14.4 Å². The summed E-state index contributed by atoms with van der Waals surface area (Å²) in [5, 5.41) is 3.26. The molecule has 0 bridgehead atoms. The number of thiazole rings is 1. The number of benzene rings is 1. The van der Waals surface area contributed by atoms with Crippen molar-refractivity contribution in [2.24, 2.45) is 0 Å².